The molecule has 2 heterocycles. The van der Waals surface area contributed by atoms with Crippen LogP contribution < -0.4 is 35.3 Å². The Balaban J connectivity index is 0.00000121. The second-order valence-electron chi connectivity index (χ2n) is 5.07. The van der Waals surface area contributed by atoms with Gasteiger partial charge in [-0.1, -0.05) is 6.08 Å². The molecule has 2 fully saturated rings. The Labute approximate surface area is 144 Å². The molecule has 3 N–H and O–H groups in total. The Bertz CT molecular complexity index is 622. The first kappa shape index (κ1) is 16.7. The van der Waals surface area contributed by atoms with E-state index in [-0.39, 0.29) is 43.4 Å². The number of hydrogen-bond acceptors (Lipinski definition) is 5. The van der Waals surface area contributed by atoms with Gasteiger partial charge >= 0.3 is 46.0 Å². The number of rotatable bonds is 4. The fourth-order valence-electron chi connectivity index (χ4n) is 2.70. The molecule has 0 aromatic carbocycles. The summed E-state index contributed by atoms with van der Waals surface area (Å²) in [5.74, 6) is -0.494. The van der Waals surface area contributed by atoms with Crippen molar-refractivity contribution in [3.8, 4) is 0 Å². The van der Waals surface area contributed by atoms with Crippen LogP contribution in [0.5, 0.6) is 0 Å². The third-order valence-corrected chi connectivity index (χ3v) is 4.02. The van der Waals surface area contributed by atoms with E-state index < -0.39 is 34.4 Å². The molecule has 3 aliphatic rings. The third kappa shape index (κ3) is 3.10. The molecule has 112 valence electrons. The normalized spacial score (nSPS) is 28.2. The van der Waals surface area contributed by atoms with Gasteiger partial charge in [-0.25, -0.2) is 4.79 Å². The van der Waals surface area contributed by atoms with Crippen molar-refractivity contribution in [2.24, 2.45) is 11.7 Å². The molecule has 1 saturated carbocycles. The molecular weight excluding hydrogens is 313 g/mol. The Kier molecular flexibility index (Phi) is 4.40. The van der Waals surface area contributed by atoms with Crippen molar-refractivity contribution in [3.63, 3.8) is 0 Å². The molecule has 1 aliphatic carbocycles. The zero-order valence-corrected chi connectivity index (χ0v) is 14.1. The van der Waals surface area contributed by atoms with Gasteiger partial charge in [-0.05, 0) is 24.3 Å². The Morgan fingerprint density at radius 2 is 2.10 bits per heavy atom. The molecule has 2 bridgehead atoms. The summed E-state index contributed by atoms with van der Waals surface area (Å²) < 4.78 is 34.8. The Morgan fingerprint density at radius 3 is 2.57 bits per heavy atom. The molecule has 2 aliphatic heterocycles. The average Bonchev–Trinajstić information content (AvgIpc) is 3.13. The molecule has 11 heteroatoms. The summed E-state index contributed by atoms with van der Waals surface area (Å²) in [6.07, 6.45) is 3.41. The van der Waals surface area contributed by atoms with E-state index in [0.717, 1.165) is 23.3 Å². The van der Waals surface area contributed by atoms with E-state index in [1.807, 2.05) is 0 Å². The summed E-state index contributed by atoms with van der Waals surface area (Å²) in [5.41, 5.74) is 6.03. The maximum absolute atomic E-state index is 12.1. The number of nitrogens with two attached hydrogens (primary N) is 1. The van der Waals surface area contributed by atoms with Gasteiger partial charge in [-0.2, -0.15) is 13.5 Å². The van der Waals surface area contributed by atoms with E-state index in [4.69, 9.17) is 10.3 Å². The van der Waals surface area contributed by atoms with Gasteiger partial charge in [-0.3, -0.25) is 9.35 Å². The van der Waals surface area contributed by atoms with E-state index in [0.29, 0.717) is 5.06 Å². The van der Waals surface area contributed by atoms with Gasteiger partial charge in [0.15, 0.2) is 0 Å². The summed E-state index contributed by atoms with van der Waals surface area (Å²) in [7, 11) is -4.81. The fraction of sp³-hybridized carbons (Fsp3) is 0.600. The van der Waals surface area contributed by atoms with Gasteiger partial charge in [0, 0.05) is 0 Å². The number of carbonyl (C=O) groups is 2. The first-order valence-corrected chi connectivity index (χ1v) is 7.42. The molecule has 9 nitrogen and oxygen atoms in total. The maximum atomic E-state index is 12.1. The number of primary amides is 1. The zero-order valence-electron chi connectivity index (χ0n) is 12.3. The monoisotopic (exact) mass is 327 g/mol. The smallest absolute Gasteiger partial charge is 1.00 e. The predicted molar refractivity (Wildman–Crippen MR) is 65.3 cm³/mol. The van der Waals surface area contributed by atoms with E-state index in [9.17, 15) is 18.0 Å². The van der Waals surface area contributed by atoms with Crippen LogP contribution in [0.3, 0.4) is 0 Å². The summed E-state index contributed by atoms with van der Waals surface area (Å²) in [6, 6.07) is -2.33. The first-order chi connectivity index (χ1) is 9.28. The Hall–Kier alpha value is -0.650. The quantitative estimate of drug-likeness (QED) is 0.309. The SMILES string of the molecule is NC(=O)C1C=C(C2CC2)C2CN1C(=O)N2OS(=O)(=O)O.[H-].[Na+]. The Morgan fingerprint density at radius 1 is 1.48 bits per heavy atom. The fourth-order valence-corrected chi connectivity index (χ4v) is 3.07. The van der Waals surface area contributed by atoms with Crippen LogP contribution in [-0.4, -0.2) is 53.5 Å². The van der Waals surface area contributed by atoms with Crippen molar-refractivity contribution in [3.05, 3.63) is 11.6 Å². The van der Waals surface area contributed by atoms with Gasteiger partial charge in [0.25, 0.3) is 0 Å². The minimum absolute atomic E-state index is 0. The van der Waals surface area contributed by atoms with Crippen LogP contribution in [0, 0.1) is 5.92 Å². The molecule has 3 amide bonds. The van der Waals surface area contributed by atoms with Crippen molar-refractivity contribution in [2.75, 3.05) is 6.54 Å². The van der Waals surface area contributed by atoms with E-state index in [1.165, 1.54) is 0 Å². The second kappa shape index (κ2) is 5.52. The van der Waals surface area contributed by atoms with Gasteiger partial charge in [0.05, 0.1) is 6.54 Å². The van der Waals surface area contributed by atoms with Crippen molar-refractivity contribution in [1.29, 1.82) is 0 Å². The minimum Gasteiger partial charge on any atom is -1.00 e. The summed E-state index contributed by atoms with van der Waals surface area (Å²) in [4.78, 5) is 24.6. The predicted octanol–water partition coefficient (Wildman–Crippen LogP) is -3.85. The maximum Gasteiger partial charge on any atom is 1.00 e. The van der Waals surface area contributed by atoms with Crippen molar-refractivity contribution in [2.45, 2.75) is 24.9 Å². The van der Waals surface area contributed by atoms with Crippen LogP contribution in [0.4, 0.5) is 4.79 Å². The van der Waals surface area contributed by atoms with E-state index in [2.05, 4.69) is 4.28 Å². The molecule has 3 rings (SSSR count). The van der Waals surface area contributed by atoms with Crippen molar-refractivity contribution in [1.82, 2.24) is 9.96 Å². The van der Waals surface area contributed by atoms with E-state index >= 15 is 0 Å². The molecule has 0 aromatic rings. The van der Waals surface area contributed by atoms with Crippen LogP contribution in [0.25, 0.3) is 0 Å². The molecule has 1 saturated heterocycles. The van der Waals surface area contributed by atoms with Gasteiger partial charge in [0.2, 0.25) is 5.91 Å². The van der Waals surface area contributed by atoms with Gasteiger partial charge < -0.3 is 12.1 Å². The van der Waals surface area contributed by atoms with Crippen LogP contribution in [0.2, 0.25) is 0 Å². The van der Waals surface area contributed by atoms with Crippen molar-refractivity contribution < 1.29 is 57.8 Å². The molecular formula is C10H14N3NaO6S. The topological polar surface area (TPSA) is 130 Å². The number of fused-ring (bicyclic) bond motifs is 2. The summed E-state index contributed by atoms with van der Waals surface area (Å²) >= 11 is 0. The number of urea groups is 1. The summed E-state index contributed by atoms with van der Waals surface area (Å²) in [5, 5.41) is 0.600. The van der Waals surface area contributed by atoms with Crippen LogP contribution in [0.15, 0.2) is 11.6 Å². The molecule has 0 spiro atoms. The minimum atomic E-state index is -4.81. The molecule has 0 aromatic heterocycles. The molecule has 21 heavy (non-hydrogen) atoms. The number of hydroxylamine groups is 2. The number of nitrogens with zero attached hydrogens (tertiary/aromatic N) is 2. The third-order valence-electron chi connectivity index (χ3n) is 3.67. The van der Waals surface area contributed by atoms with Gasteiger partial charge in [0.1, 0.15) is 12.1 Å². The molecule has 0 radical (unpaired) electrons. The largest absolute Gasteiger partial charge is 1.00 e. The molecule has 2 unspecified atom stereocenters. The van der Waals surface area contributed by atoms with Crippen LogP contribution in [0.1, 0.15) is 14.3 Å². The van der Waals surface area contributed by atoms with Crippen LogP contribution in [-0.2, 0) is 19.5 Å². The number of amides is 3. The number of hydrogen-bond donors (Lipinski definition) is 2. The molecule has 2 atom stereocenters. The zero-order chi connectivity index (χ0) is 14.7. The average molecular weight is 327 g/mol. The van der Waals surface area contributed by atoms with Crippen molar-refractivity contribution >= 4 is 22.3 Å². The van der Waals surface area contributed by atoms with E-state index in [1.54, 1.807) is 6.08 Å². The second-order valence-corrected chi connectivity index (χ2v) is 6.07. The first-order valence-electron chi connectivity index (χ1n) is 6.05. The number of carbonyl (C=O) groups excluding carboxylic acids is 2. The standard InChI is InChI=1S/C10H13N3O6S.Na.H/c11-9(14)7-3-6(5-1-2-5)8-4-12(7)10(15)13(8)19-20(16,17)18;;/h3,5,7-8H,1-2,4H2,(H2,11,14)(H,16,17,18);;/q;+1;-1. The van der Waals surface area contributed by atoms with Gasteiger partial charge in [-0.15, -0.1) is 4.28 Å². The summed E-state index contributed by atoms with van der Waals surface area (Å²) in [6.45, 7) is 0.115. The van der Waals surface area contributed by atoms with Crippen LogP contribution >= 0.6 is 0 Å².